The van der Waals surface area contributed by atoms with Crippen molar-refractivity contribution in [2.45, 2.75) is 13.3 Å². The molecule has 0 spiro atoms. The second-order valence-electron chi connectivity index (χ2n) is 4.55. The topological polar surface area (TPSA) is 51.5 Å². The van der Waals surface area contributed by atoms with Gasteiger partial charge in [-0.2, -0.15) is 4.98 Å². The number of aryl methyl sites for hydroxylation is 1. The van der Waals surface area contributed by atoms with E-state index in [-0.39, 0.29) is 0 Å². The third-order valence-electron chi connectivity index (χ3n) is 3.21. The lowest BCUT2D eigenvalue weighted by Crippen LogP contribution is -2.00. The Morgan fingerprint density at radius 2 is 2.24 bits per heavy atom. The van der Waals surface area contributed by atoms with E-state index in [1.54, 1.807) is 6.20 Å². The highest BCUT2D eigenvalue weighted by Crippen LogP contribution is 2.28. The SMILES string of the molecule is CCc1cc(Oc2nc(NC)cn3ccnc23)ccc1Cl. The van der Waals surface area contributed by atoms with Gasteiger partial charge in [0.2, 0.25) is 5.65 Å². The van der Waals surface area contributed by atoms with Crippen molar-refractivity contribution in [2.24, 2.45) is 0 Å². The number of aromatic nitrogens is 3. The molecule has 1 N–H and O–H groups in total. The first-order valence-electron chi connectivity index (χ1n) is 6.69. The minimum Gasteiger partial charge on any atom is -0.436 e. The van der Waals surface area contributed by atoms with Gasteiger partial charge in [0, 0.05) is 24.5 Å². The Bertz CT molecular complexity index is 784. The number of ether oxygens (including phenoxy) is 1. The van der Waals surface area contributed by atoms with Crippen molar-refractivity contribution in [1.29, 1.82) is 0 Å². The van der Waals surface area contributed by atoms with Crippen LogP contribution >= 0.6 is 11.6 Å². The first-order valence-corrected chi connectivity index (χ1v) is 7.06. The maximum atomic E-state index is 6.13. The lowest BCUT2D eigenvalue weighted by Gasteiger charge is -2.10. The Kier molecular flexibility index (Phi) is 3.66. The zero-order chi connectivity index (χ0) is 14.8. The predicted octanol–water partition coefficient (Wildman–Crippen LogP) is 3.78. The highest BCUT2D eigenvalue weighted by molar-refractivity contribution is 6.31. The number of benzene rings is 1. The largest absolute Gasteiger partial charge is 0.436 e. The van der Waals surface area contributed by atoms with E-state index in [4.69, 9.17) is 16.3 Å². The number of halogens is 1. The molecule has 0 radical (unpaired) electrons. The van der Waals surface area contributed by atoms with Gasteiger partial charge in [0.1, 0.15) is 11.6 Å². The summed E-state index contributed by atoms with van der Waals surface area (Å²) in [5.41, 5.74) is 1.71. The fourth-order valence-corrected chi connectivity index (χ4v) is 2.34. The van der Waals surface area contributed by atoms with Crippen molar-refractivity contribution in [2.75, 3.05) is 12.4 Å². The van der Waals surface area contributed by atoms with Crippen LogP contribution in [0, 0.1) is 0 Å². The molecule has 0 fully saturated rings. The van der Waals surface area contributed by atoms with Crippen LogP contribution in [0.15, 0.2) is 36.8 Å². The van der Waals surface area contributed by atoms with Gasteiger partial charge in [0.15, 0.2) is 0 Å². The number of imidazole rings is 1. The summed E-state index contributed by atoms with van der Waals surface area (Å²) in [6.45, 7) is 2.05. The maximum absolute atomic E-state index is 6.13. The molecular formula is C15H15ClN4O. The summed E-state index contributed by atoms with van der Waals surface area (Å²) in [5.74, 6) is 1.86. The molecule has 3 rings (SSSR count). The first-order chi connectivity index (χ1) is 10.2. The molecule has 0 aliphatic heterocycles. The molecule has 21 heavy (non-hydrogen) atoms. The summed E-state index contributed by atoms with van der Waals surface area (Å²) in [4.78, 5) is 8.69. The van der Waals surface area contributed by atoms with Gasteiger partial charge in [-0.3, -0.25) is 4.40 Å². The fourth-order valence-electron chi connectivity index (χ4n) is 2.09. The quantitative estimate of drug-likeness (QED) is 0.797. The molecule has 0 saturated carbocycles. The van der Waals surface area contributed by atoms with Crippen LogP contribution in [0.2, 0.25) is 5.02 Å². The van der Waals surface area contributed by atoms with Gasteiger partial charge < -0.3 is 10.1 Å². The van der Waals surface area contributed by atoms with E-state index >= 15 is 0 Å². The van der Waals surface area contributed by atoms with E-state index in [2.05, 4.69) is 22.2 Å². The van der Waals surface area contributed by atoms with Crippen LogP contribution in [0.1, 0.15) is 12.5 Å². The Balaban J connectivity index is 2.03. The molecule has 0 amide bonds. The normalized spacial score (nSPS) is 10.8. The summed E-state index contributed by atoms with van der Waals surface area (Å²) < 4.78 is 7.76. The van der Waals surface area contributed by atoms with Gasteiger partial charge >= 0.3 is 0 Å². The van der Waals surface area contributed by atoms with Crippen molar-refractivity contribution in [1.82, 2.24) is 14.4 Å². The summed E-state index contributed by atoms with van der Waals surface area (Å²) in [6.07, 6.45) is 6.26. The van der Waals surface area contributed by atoms with Gasteiger partial charge in [0.25, 0.3) is 5.88 Å². The minimum absolute atomic E-state index is 0.455. The zero-order valence-corrected chi connectivity index (χ0v) is 12.6. The molecule has 0 saturated heterocycles. The summed E-state index contributed by atoms with van der Waals surface area (Å²) in [6, 6.07) is 5.59. The Labute approximate surface area is 127 Å². The second kappa shape index (κ2) is 5.61. The highest BCUT2D eigenvalue weighted by Gasteiger charge is 2.10. The fraction of sp³-hybridized carbons (Fsp3) is 0.200. The van der Waals surface area contributed by atoms with Gasteiger partial charge in [-0.25, -0.2) is 4.98 Å². The molecule has 0 aliphatic carbocycles. The second-order valence-corrected chi connectivity index (χ2v) is 4.96. The number of nitrogens with zero attached hydrogens (tertiary/aromatic N) is 3. The van der Waals surface area contributed by atoms with Crippen molar-refractivity contribution in [3.8, 4) is 11.6 Å². The number of anilines is 1. The molecule has 0 aliphatic rings. The van der Waals surface area contributed by atoms with Crippen molar-refractivity contribution >= 4 is 23.1 Å². The molecule has 2 aromatic heterocycles. The van der Waals surface area contributed by atoms with Crippen molar-refractivity contribution in [3.63, 3.8) is 0 Å². The number of fused-ring (bicyclic) bond motifs is 1. The summed E-state index contributed by atoms with van der Waals surface area (Å²) in [7, 11) is 1.81. The van der Waals surface area contributed by atoms with Crippen LogP contribution < -0.4 is 10.1 Å². The molecule has 5 nitrogen and oxygen atoms in total. The average molecular weight is 303 g/mol. The van der Waals surface area contributed by atoms with Crippen LogP contribution in [0.3, 0.4) is 0 Å². The van der Waals surface area contributed by atoms with Gasteiger partial charge in [-0.05, 0) is 30.2 Å². The van der Waals surface area contributed by atoms with Crippen LogP contribution in [-0.4, -0.2) is 21.4 Å². The Morgan fingerprint density at radius 3 is 3.00 bits per heavy atom. The van der Waals surface area contributed by atoms with Crippen molar-refractivity contribution < 1.29 is 4.74 Å². The van der Waals surface area contributed by atoms with Crippen LogP contribution in [-0.2, 0) is 6.42 Å². The van der Waals surface area contributed by atoms with E-state index in [0.717, 1.165) is 17.0 Å². The van der Waals surface area contributed by atoms with E-state index in [9.17, 15) is 0 Å². The Morgan fingerprint density at radius 1 is 1.38 bits per heavy atom. The third kappa shape index (κ3) is 2.64. The van der Waals surface area contributed by atoms with Crippen molar-refractivity contribution in [3.05, 3.63) is 47.4 Å². The maximum Gasteiger partial charge on any atom is 0.265 e. The third-order valence-corrected chi connectivity index (χ3v) is 3.58. The van der Waals surface area contributed by atoms with E-state index < -0.39 is 0 Å². The lowest BCUT2D eigenvalue weighted by molar-refractivity contribution is 0.465. The first kappa shape index (κ1) is 13.7. The molecule has 0 atom stereocenters. The smallest absolute Gasteiger partial charge is 0.265 e. The zero-order valence-electron chi connectivity index (χ0n) is 11.8. The van der Waals surface area contributed by atoms with E-state index in [0.29, 0.717) is 23.1 Å². The van der Waals surface area contributed by atoms with Gasteiger partial charge in [-0.15, -0.1) is 0 Å². The minimum atomic E-state index is 0.455. The molecule has 0 unspecified atom stereocenters. The molecule has 2 heterocycles. The predicted molar refractivity (Wildman–Crippen MR) is 83.4 cm³/mol. The number of rotatable bonds is 4. The van der Waals surface area contributed by atoms with Crippen LogP contribution in [0.25, 0.3) is 5.65 Å². The number of hydrogen-bond acceptors (Lipinski definition) is 4. The standard InChI is InChI=1S/C15H15ClN4O/c1-3-10-8-11(4-5-12(10)16)21-15-14-18-6-7-20(14)9-13(17-2)19-15/h4-9,17H,3H2,1-2H3. The monoisotopic (exact) mass is 302 g/mol. The molecule has 1 aromatic carbocycles. The van der Waals surface area contributed by atoms with E-state index in [1.165, 1.54) is 0 Å². The van der Waals surface area contributed by atoms with E-state index in [1.807, 2.05) is 42.0 Å². The van der Waals surface area contributed by atoms with Crippen LogP contribution in [0.4, 0.5) is 5.82 Å². The van der Waals surface area contributed by atoms with Gasteiger partial charge in [0.05, 0.1) is 6.20 Å². The Hall–Kier alpha value is -2.27. The highest BCUT2D eigenvalue weighted by atomic mass is 35.5. The van der Waals surface area contributed by atoms with Gasteiger partial charge in [-0.1, -0.05) is 18.5 Å². The molecule has 3 aromatic rings. The number of nitrogens with one attached hydrogen (secondary N) is 1. The lowest BCUT2D eigenvalue weighted by atomic mass is 10.1. The molecule has 0 bridgehead atoms. The molecule has 108 valence electrons. The summed E-state index contributed by atoms with van der Waals surface area (Å²) in [5, 5.41) is 3.75. The molecule has 6 heteroatoms. The molecular weight excluding hydrogens is 288 g/mol. The van der Waals surface area contributed by atoms with Crippen LogP contribution in [0.5, 0.6) is 11.6 Å². The average Bonchev–Trinajstić information content (AvgIpc) is 2.97. The summed E-state index contributed by atoms with van der Waals surface area (Å²) >= 11 is 6.13. The number of hydrogen-bond donors (Lipinski definition) is 1.